The van der Waals surface area contributed by atoms with Gasteiger partial charge < -0.3 is 4.74 Å². The van der Waals surface area contributed by atoms with Crippen LogP contribution in [0.4, 0.5) is 0 Å². The van der Waals surface area contributed by atoms with Crippen LogP contribution in [0, 0.1) is 0 Å². The van der Waals surface area contributed by atoms with Crippen molar-refractivity contribution in [3.8, 4) is 5.75 Å². The molecule has 27 heavy (non-hydrogen) atoms. The highest BCUT2D eigenvalue weighted by molar-refractivity contribution is 6.04. The van der Waals surface area contributed by atoms with E-state index in [4.69, 9.17) is 4.74 Å². The minimum atomic E-state index is -0.649. The fourth-order valence-electron chi connectivity index (χ4n) is 3.88. The molecule has 3 aromatic rings. The van der Waals surface area contributed by atoms with E-state index in [9.17, 15) is 4.79 Å². The zero-order valence-electron chi connectivity index (χ0n) is 15.4. The average Bonchev–Trinajstić information content (AvgIpc) is 2.74. The summed E-state index contributed by atoms with van der Waals surface area (Å²) in [6, 6.07) is 26.0. The predicted octanol–water partition coefficient (Wildman–Crippen LogP) is 4.21. The minimum Gasteiger partial charge on any atom is -0.497 e. The van der Waals surface area contributed by atoms with E-state index in [0.717, 1.165) is 11.3 Å². The topological polar surface area (TPSA) is 38.3 Å². The molecule has 0 spiro atoms. The van der Waals surface area contributed by atoms with Gasteiger partial charge in [-0.05, 0) is 53.8 Å². The molecule has 1 atom stereocenters. The van der Waals surface area contributed by atoms with Gasteiger partial charge >= 0.3 is 0 Å². The maximum atomic E-state index is 13.6. The second-order valence-electron chi connectivity index (χ2n) is 7.10. The van der Waals surface area contributed by atoms with Gasteiger partial charge in [0.25, 0.3) is 0 Å². The molecule has 1 heterocycles. The van der Waals surface area contributed by atoms with E-state index in [0.29, 0.717) is 24.9 Å². The lowest BCUT2D eigenvalue weighted by molar-refractivity contribution is 0.0836. The second kappa shape index (κ2) is 7.37. The van der Waals surface area contributed by atoms with Crippen molar-refractivity contribution in [3.05, 3.63) is 101 Å². The Hall–Kier alpha value is -2.91. The van der Waals surface area contributed by atoms with Gasteiger partial charge in [0.05, 0.1) is 12.6 Å². The van der Waals surface area contributed by atoms with Gasteiger partial charge in [0, 0.05) is 12.1 Å². The van der Waals surface area contributed by atoms with Gasteiger partial charge in [0.2, 0.25) is 0 Å². The number of rotatable bonds is 5. The Bertz CT molecular complexity index is 934. The summed E-state index contributed by atoms with van der Waals surface area (Å²) in [5.41, 5.74) is 3.73. The third-order valence-electron chi connectivity index (χ3n) is 5.36. The van der Waals surface area contributed by atoms with Crippen LogP contribution < -0.4 is 10.1 Å². The standard InChI is InChI=1S/C24H23NO2/c1-27-22-13-11-19(12-14-22)23(26)24(15-18-7-3-2-4-8-18)16-20-9-5-6-10-21(20)17-25-24/h2-14,25H,15-17H2,1H3. The van der Waals surface area contributed by atoms with E-state index in [1.54, 1.807) is 7.11 Å². The van der Waals surface area contributed by atoms with Crippen LogP contribution in [-0.4, -0.2) is 18.4 Å². The van der Waals surface area contributed by atoms with E-state index in [1.807, 2.05) is 42.5 Å². The molecule has 0 aromatic heterocycles. The first-order valence-corrected chi connectivity index (χ1v) is 9.25. The fourth-order valence-corrected chi connectivity index (χ4v) is 3.88. The molecule has 0 radical (unpaired) electrons. The van der Waals surface area contributed by atoms with Crippen LogP contribution in [0.2, 0.25) is 0 Å². The van der Waals surface area contributed by atoms with Gasteiger partial charge in [-0.25, -0.2) is 0 Å². The molecular formula is C24H23NO2. The van der Waals surface area contributed by atoms with Gasteiger partial charge in [-0.15, -0.1) is 0 Å². The molecule has 0 bridgehead atoms. The first kappa shape index (κ1) is 17.5. The van der Waals surface area contributed by atoms with Crippen LogP contribution in [0.15, 0.2) is 78.9 Å². The lowest BCUT2D eigenvalue weighted by Crippen LogP contribution is -2.57. The summed E-state index contributed by atoms with van der Waals surface area (Å²) in [6.45, 7) is 0.699. The highest BCUT2D eigenvalue weighted by atomic mass is 16.5. The summed E-state index contributed by atoms with van der Waals surface area (Å²) in [5.74, 6) is 0.883. The molecule has 3 aromatic carbocycles. The van der Waals surface area contributed by atoms with Crippen molar-refractivity contribution in [1.29, 1.82) is 0 Å². The molecule has 3 nitrogen and oxygen atoms in total. The average molecular weight is 357 g/mol. The Morgan fingerprint density at radius 2 is 1.59 bits per heavy atom. The molecule has 4 rings (SSSR count). The van der Waals surface area contributed by atoms with Crippen molar-refractivity contribution >= 4 is 5.78 Å². The normalized spacial score (nSPS) is 18.6. The number of hydrogen-bond donors (Lipinski definition) is 1. The maximum absolute atomic E-state index is 13.6. The number of methoxy groups -OCH3 is 1. The molecule has 1 N–H and O–H groups in total. The molecule has 0 saturated carbocycles. The quantitative estimate of drug-likeness (QED) is 0.695. The third-order valence-corrected chi connectivity index (χ3v) is 5.36. The zero-order valence-corrected chi connectivity index (χ0v) is 15.4. The maximum Gasteiger partial charge on any atom is 0.183 e. The highest BCUT2D eigenvalue weighted by Crippen LogP contribution is 2.30. The van der Waals surface area contributed by atoms with Gasteiger partial charge in [-0.2, -0.15) is 0 Å². The Morgan fingerprint density at radius 3 is 2.30 bits per heavy atom. The van der Waals surface area contributed by atoms with Crippen LogP contribution in [0.5, 0.6) is 5.75 Å². The molecule has 0 aliphatic carbocycles. The smallest absolute Gasteiger partial charge is 0.183 e. The Labute approximate surface area is 160 Å². The summed E-state index contributed by atoms with van der Waals surface area (Å²) < 4.78 is 5.23. The van der Waals surface area contributed by atoms with E-state index < -0.39 is 5.54 Å². The number of ether oxygens (including phenoxy) is 1. The Morgan fingerprint density at radius 1 is 0.926 bits per heavy atom. The van der Waals surface area contributed by atoms with Crippen LogP contribution in [0.25, 0.3) is 0 Å². The van der Waals surface area contributed by atoms with Crippen molar-refractivity contribution in [1.82, 2.24) is 5.32 Å². The van der Waals surface area contributed by atoms with E-state index >= 15 is 0 Å². The first-order valence-electron chi connectivity index (χ1n) is 9.25. The monoisotopic (exact) mass is 357 g/mol. The summed E-state index contributed by atoms with van der Waals surface area (Å²) in [6.07, 6.45) is 1.34. The third kappa shape index (κ3) is 3.51. The van der Waals surface area contributed by atoms with Crippen LogP contribution >= 0.6 is 0 Å². The number of carbonyl (C=O) groups excluding carboxylic acids is 1. The molecule has 1 unspecified atom stereocenters. The summed E-state index contributed by atoms with van der Waals surface area (Å²) >= 11 is 0. The zero-order chi connectivity index (χ0) is 18.7. The lowest BCUT2D eigenvalue weighted by Gasteiger charge is -2.38. The van der Waals surface area contributed by atoms with Gasteiger partial charge in [0.1, 0.15) is 5.75 Å². The minimum absolute atomic E-state index is 0.128. The largest absolute Gasteiger partial charge is 0.497 e. The van der Waals surface area contributed by atoms with E-state index in [-0.39, 0.29) is 5.78 Å². The SMILES string of the molecule is COc1ccc(C(=O)C2(Cc3ccccc3)Cc3ccccc3CN2)cc1. The number of nitrogens with one attached hydrogen (secondary N) is 1. The summed E-state index contributed by atoms with van der Waals surface area (Å²) in [4.78, 5) is 13.6. The molecule has 0 fully saturated rings. The lowest BCUT2D eigenvalue weighted by atomic mass is 9.75. The predicted molar refractivity (Wildman–Crippen MR) is 107 cm³/mol. The van der Waals surface area contributed by atoms with Gasteiger partial charge in [-0.1, -0.05) is 54.6 Å². The molecule has 0 amide bonds. The highest BCUT2D eigenvalue weighted by Gasteiger charge is 2.41. The molecular weight excluding hydrogens is 334 g/mol. The molecule has 1 aliphatic rings. The van der Waals surface area contributed by atoms with Crippen molar-refractivity contribution in [2.75, 3.05) is 7.11 Å². The Kier molecular flexibility index (Phi) is 4.78. The van der Waals surface area contributed by atoms with Gasteiger partial charge in [-0.3, -0.25) is 10.1 Å². The number of Topliss-reactive ketones (excluding diaryl/α,β-unsaturated/α-hetero) is 1. The van der Waals surface area contributed by atoms with Crippen LogP contribution in [0.1, 0.15) is 27.0 Å². The number of fused-ring (bicyclic) bond motifs is 1. The molecule has 3 heteroatoms. The summed E-state index contributed by atoms with van der Waals surface area (Å²) in [7, 11) is 1.63. The number of hydrogen-bond acceptors (Lipinski definition) is 3. The molecule has 1 aliphatic heterocycles. The van der Waals surface area contributed by atoms with Crippen LogP contribution in [0.3, 0.4) is 0 Å². The van der Waals surface area contributed by atoms with Crippen molar-refractivity contribution in [2.24, 2.45) is 0 Å². The number of carbonyl (C=O) groups is 1. The van der Waals surface area contributed by atoms with Crippen molar-refractivity contribution in [2.45, 2.75) is 24.9 Å². The first-order chi connectivity index (χ1) is 13.2. The summed E-state index contributed by atoms with van der Waals surface area (Å²) in [5, 5.41) is 3.58. The number of ketones is 1. The van der Waals surface area contributed by atoms with Crippen LogP contribution in [-0.2, 0) is 19.4 Å². The Balaban J connectivity index is 1.73. The molecule has 136 valence electrons. The molecule has 0 saturated heterocycles. The van der Waals surface area contributed by atoms with Crippen molar-refractivity contribution < 1.29 is 9.53 Å². The van der Waals surface area contributed by atoms with E-state index in [1.165, 1.54) is 11.1 Å². The number of benzene rings is 3. The second-order valence-corrected chi connectivity index (χ2v) is 7.10. The van der Waals surface area contributed by atoms with Gasteiger partial charge in [0.15, 0.2) is 5.78 Å². The van der Waals surface area contributed by atoms with Crippen molar-refractivity contribution in [3.63, 3.8) is 0 Å². The fraction of sp³-hybridized carbons (Fsp3) is 0.208. The van der Waals surface area contributed by atoms with E-state index in [2.05, 4.69) is 41.7 Å².